The third kappa shape index (κ3) is 3.21. The Bertz CT molecular complexity index is 392. The Balaban J connectivity index is 2.08. The Morgan fingerprint density at radius 2 is 2.28 bits per heavy atom. The number of hydrogen-bond donors (Lipinski definition) is 1. The molecule has 2 unspecified atom stereocenters. The van der Waals surface area contributed by atoms with Crippen LogP contribution in [0.15, 0.2) is 18.2 Å². The molecule has 0 fully saturated rings. The van der Waals surface area contributed by atoms with Crippen molar-refractivity contribution in [2.75, 3.05) is 12.4 Å². The van der Waals surface area contributed by atoms with E-state index in [9.17, 15) is 5.11 Å². The van der Waals surface area contributed by atoms with E-state index in [-0.39, 0.29) is 0 Å². The molecule has 0 saturated carbocycles. The molecule has 2 atom stereocenters. The van der Waals surface area contributed by atoms with E-state index < -0.39 is 6.10 Å². The SMILES string of the molecule is CCC(C)SCC(O)c1cccc2c1OCCC2. The number of benzene rings is 1. The van der Waals surface area contributed by atoms with Crippen LogP contribution in [0.5, 0.6) is 5.75 Å². The second-order valence-corrected chi connectivity index (χ2v) is 6.33. The van der Waals surface area contributed by atoms with E-state index >= 15 is 0 Å². The summed E-state index contributed by atoms with van der Waals surface area (Å²) in [5.41, 5.74) is 2.20. The summed E-state index contributed by atoms with van der Waals surface area (Å²) in [7, 11) is 0. The molecule has 0 radical (unpaired) electrons. The van der Waals surface area contributed by atoms with Gasteiger partial charge in [-0.3, -0.25) is 0 Å². The summed E-state index contributed by atoms with van der Waals surface area (Å²) in [5, 5.41) is 10.9. The van der Waals surface area contributed by atoms with Crippen molar-refractivity contribution in [2.45, 2.75) is 44.5 Å². The summed E-state index contributed by atoms with van der Waals surface area (Å²) in [6.45, 7) is 5.15. The van der Waals surface area contributed by atoms with Gasteiger partial charge >= 0.3 is 0 Å². The maximum absolute atomic E-state index is 10.3. The minimum Gasteiger partial charge on any atom is -0.493 e. The lowest BCUT2D eigenvalue weighted by atomic mass is 10.00. The van der Waals surface area contributed by atoms with Crippen LogP contribution in [-0.2, 0) is 6.42 Å². The van der Waals surface area contributed by atoms with Crippen LogP contribution in [0.3, 0.4) is 0 Å². The molecule has 0 amide bonds. The van der Waals surface area contributed by atoms with Crippen molar-refractivity contribution in [3.8, 4) is 5.75 Å². The molecule has 0 aromatic heterocycles. The van der Waals surface area contributed by atoms with Crippen LogP contribution in [0.1, 0.15) is 43.9 Å². The Hall–Kier alpha value is -0.670. The van der Waals surface area contributed by atoms with Gasteiger partial charge in [-0.05, 0) is 24.8 Å². The van der Waals surface area contributed by atoms with Gasteiger partial charge in [-0.25, -0.2) is 0 Å². The van der Waals surface area contributed by atoms with E-state index in [1.165, 1.54) is 5.56 Å². The molecule has 18 heavy (non-hydrogen) atoms. The maximum atomic E-state index is 10.3. The average molecular weight is 266 g/mol. The van der Waals surface area contributed by atoms with Crippen LogP contribution in [0.4, 0.5) is 0 Å². The van der Waals surface area contributed by atoms with E-state index in [1.54, 1.807) is 0 Å². The van der Waals surface area contributed by atoms with E-state index in [4.69, 9.17) is 4.74 Å². The van der Waals surface area contributed by atoms with E-state index in [2.05, 4.69) is 19.9 Å². The molecular formula is C15H22O2S. The molecule has 0 saturated heterocycles. The van der Waals surface area contributed by atoms with Crippen LogP contribution in [-0.4, -0.2) is 22.7 Å². The van der Waals surface area contributed by atoms with Crippen molar-refractivity contribution in [3.05, 3.63) is 29.3 Å². The topological polar surface area (TPSA) is 29.5 Å². The van der Waals surface area contributed by atoms with Crippen molar-refractivity contribution in [1.29, 1.82) is 0 Å². The molecule has 1 aliphatic rings. The number of ether oxygens (including phenoxy) is 1. The van der Waals surface area contributed by atoms with Crippen molar-refractivity contribution in [1.82, 2.24) is 0 Å². The summed E-state index contributed by atoms with van der Waals surface area (Å²) in [6.07, 6.45) is 2.86. The van der Waals surface area contributed by atoms with Crippen LogP contribution in [0.25, 0.3) is 0 Å². The van der Waals surface area contributed by atoms with E-state index in [0.29, 0.717) is 5.25 Å². The fourth-order valence-corrected chi connectivity index (χ4v) is 3.07. The molecule has 1 N–H and O–H groups in total. The van der Waals surface area contributed by atoms with Gasteiger partial charge in [0.15, 0.2) is 0 Å². The lowest BCUT2D eigenvalue weighted by Crippen LogP contribution is -2.13. The average Bonchev–Trinajstić information content (AvgIpc) is 2.43. The van der Waals surface area contributed by atoms with Crippen molar-refractivity contribution in [3.63, 3.8) is 0 Å². The fourth-order valence-electron chi connectivity index (χ4n) is 2.14. The predicted octanol–water partition coefficient (Wildman–Crippen LogP) is 3.58. The lowest BCUT2D eigenvalue weighted by Gasteiger charge is -2.23. The number of para-hydroxylation sites is 1. The summed E-state index contributed by atoms with van der Waals surface area (Å²) < 4.78 is 5.74. The zero-order chi connectivity index (χ0) is 13.0. The highest BCUT2D eigenvalue weighted by molar-refractivity contribution is 7.99. The Morgan fingerprint density at radius 3 is 3.06 bits per heavy atom. The van der Waals surface area contributed by atoms with E-state index in [0.717, 1.165) is 42.9 Å². The smallest absolute Gasteiger partial charge is 0.128 e. The number of thioether (sulfide) groups is 1. The van der Waals surface area contributed by atoms with Crippen LogP contribution >= 0.6 is 11.8 Å². The Labute approximate surface area is 114 Å². The maximum Gasteiger partial charge on any atom is 0.128 e. The van der Waals surface area contributed by atoms with Crippen LogP contribution < -0.4 is 4.74 Å². The molecule has 0 bridgehead atoms. The van der Waals surface area contributed by atoms with Gasteiger partial charge in [0.25, 0.3) is 0 Å². The first kappa shape index (κ1) is 13.8. The van der Waals surface area contributed by atoms with Gasteiger partial charge in [-0.2, -0.15) is 11.8 Å². The highest BCUT2D eigenvalue weighted by Crippen LogP contribution is 2.34. The molecule has 1 aromatic carbocycles. The van der Waals surface area contributed by atoms with Gasteiger partial charge in [0.2, 0.25) is 0 Å². The summed E-state index contributed by atoms with van der Waals surface area (Å²) in [4.78, 5) is 0. The molecule has 2 rings (SSSR count). The minimum atomic E-state index is -0.419. The monoisotopic (exact) mass is 266 g/mol. The molecule has 0 spiro atoms. The molecule has 1 aromatic rings. The highest BCUT2D eigenvalue weighted by Gasteiger charge is 2.19. The molecular weight excluding hydrogens is 244 g/mol. The van der Waals surface area contributed by atoms with Crippen LogP contribution in [0, 0.1) is 0 Å². The third-order valence-corrected chi connectivity index (χ3v) is 4.85. The number of aliphatic hydroxyl groups excluding tert-OH is 1. The second-order valence-electron chi connectivity index (χ2n) is 4.86. The normalized spacial score (nSPS) is 17.7. The molecule has 2 nitrogen and oxygen atoms in total. The van der Waals surface area contributed by atoms with Gasteiger partial charge in [-0.15, -0.1) is 0 Å². The largest absolute Gasteiger partial charge is 0.493 e. The standard InChI is InChI=1S/C15H22O2S/c1-3-11(2)18-10-14(16)13-8-4-6-12-7-5-9-17-15(12)13/h4,6,8,11,14,16H,3,5,7,9-10H2,1-2H3. The highest BCUT2D eigenvalue weighted by atomic mass is 32.2. The summed E-state index contributed by atoms with van der Waals surface area (Å²) in [6, 6.07) is 6.12. The molecule has 0 aliphatic carbocycles. The van der Waals surface area contributed by atoms with Crippen molar-refractivity contribution >= 4 is 11.8 Å². The molecule has 1 heterocycles. The number of aliphatic hydroxyl groups is 1. The van der Waals surface area contributed by atoms with Crippen molar-refractivity contribution in [2.24, 2.45) is 0 Å². The zero-order valence-corrected chi connectivity index (χ0v) is 12.0. The summed E-state index contributed by atoms with van der Waals surface area (Å²) >= 11 is 1.82. The van der Waals surface area contributed by atoms with E-state index in [1.807, 2.05) is 23.9 Å². The molecule has 1 aliphatic heterocycles. The number of aryl methyl sites for hydroxylation is 1. The third-order valence-electron chi connectivity index (χ3n) is 3.44. The Morgan fingerprint density at radius 1 is 1.44 bits per heavy atom. The summed E-state index contributed by atoms with van der Waals surface area (Å²) in [5.74, 6) is 1.68. The van der Waals surface area contributed by atoms with Gasteiger partial charge in [-0.1, -0.05) is 32.0 Å². The lowest BCUT2D eigenvalue weighted by molar-refractivity contribution is 0.192. The fraction of sp³-hybridized carbons (Fsp3) is 0.600. The second kappa shape index (κ2) is 6.48. The quantitative estimate of drug-likeness (QED) is 0.883. The first-order chi connectivity index (χ1) is 8.72. The van der Waals surface area contributed by atoms with Crippen molar-refractivity contribution < 1.29 is 9.84 Å². The number of hydrogen-bond acceptors (Lipinski definition) is 3. The minimum absolute atomic E-state index is 0.419. The first-order valence-corrected chi connectivity index (χ1v) is 7.81. The van der Waals surface area contributed by atoms with Gasteiger partial charge < -0.3 is 9.84 Å². The molecule has 3 heteroatoms. The number of rotatable bonds is 5. The van der Waals surface area contributed by atoms with Gasteiger partial charge in [0.05, 0.1) is 12.7 Å². The predicted molar refractivity (Wildman–Crippen MR) is 77.4 cm³/mol. The van der Waals surface area contributed by atoms with Gasteiger partial charge in [0.1, 0.15) is 5.75 Å². The zero-order valence-electron chi connectivity index (χ0n) is 11.2. The van der Waals surface area contributed by atoms with Gasteiger partial charge in [0, 0.05) is 16.6 Å². The number of fused-ring (bicyclic) bond motifs is 1. The first-order valence-electron chi connectivity index (χ1n) is 6.76. The molecule has 100 valence electrons. The Kier molecular flexibility index (Phi) is 4.95. The van der Waals surface area contributed by atoms with Crippen LogP contribution in [0.2, 0.25) is 0 Å².